The fourth-order valence-corrected chi connectivity index (χ4v) is 8.58. The van der Waals surface area contributed by atoms with Crippen LogP contribution in [0.1, 0.15) is 34.2 Å². The van der Waals surface area contributed by atoms with Gasteiger partial charge in [0.25, 0.3) is 0 Å². The summed E-state index contributed by atoms with van der Waals surface area (Å²) in [5.74, 6) is 0. The van der Waals surface area contributed by atoms with Crippen molar-refractivity contribution in [2.75, 3.05) is 0 Å². The van der Waals surface area contributed by atoms with E-state index in [0.29, 0.717) is 0 Å². The maximum absolute atomic E-state index is 5.52. The zero-order valence-electron chi connectivity index (χ0n) is 26.3. The van der Waals surface area contributed by atoms with E-state index in [1.165, 1.54) is 43.7 Å². The maximum atomic E-state index is 5.52. The number of hydrogen-bond donors (Lipinski definition) is 0. The molecule has 5 aromatic carbocycles. The molecular formula is C42H40NPTi. The normalized spacial score (nSPS) is 12.4. The Hall–Kier alpha value is -4.00. The third-order valence-corrected chi connectivity index (χ3v) is 11.2. The van der Waals surface area contributed by atoms with E-state index in [-0.39, 0.29) is 21.7 Å². The number of nitrogens with zero attached hydrogens (tertiary/aromatic N) is 1. The van der Waals surface area contributed by atoms with Crippen molar-refractivity contribution in [3.8, 4) is 0 Å². The van der Waals surface area contributed by atoms with E-state index in [1.54, 1.807) is 0 Å². The molecule has 0 fully saturated rings. The fraction of sp³-hybridized carbons (Fsp3) is 0.0952. The molecule has 0 amide bonds. The van der Waals surface area contributed by atoms with Gasteiger partial charge in [0.15, 0.2) is 0 Å². The molecule has 0 atom stereocenters. The summed E-state index contributed by atoms with van der Waals surface area (Å²) in [5.41, 5.74) is 7.43. The van der Waals surface area contributed by atoms with Crippen LogP contribution in [-0.2, 0) is 21.7 Å². The standard InChI is InChI=1S/C26H26NP.C16H14.Ti/c1-20-8-14-24(15-9-20)28(27-23-6-4-5-7-23,25-16-10-21(2)11-17-25)26-18-12-22(3)13-19-26;1-3-9-15(10-4-1)13-7-8-14-16-11-5-2-6-12-16;/h4-6,8-19H,7H2,1-3H3;1-14H;. The molecule has 45 heavy (non-hydrogen) atoms. The average molecular weight is 638 g/mol. The van der Waals surface area contributed by atoms with Crippen LogP contribution in [0.5, 0.6) is 0 Å². The van der Waals surface area contributed by atoms with Crippen LogP contribution in [0.2, 0.25) is 0 Å². The molecule has 1 aliphatic carbocycles. The van der Waals surface area contributed by atoms with Crippen LogP contribution in [0.15, 0.2) is 174 Å². The second kappa shape index (κ2) is 16.9. The second-order valence-corrected chi connectivity index (χ2v) is 14.1. The molecule has 3 heteroatoms. The van der Waals surface area contributed by atoms with Crippen molar-refractivity contribution in [1.29, 1.82) is 0 Å². The Balaban J connectivity index is 0.000000231. The van der Waals surface area contributed by atoms with Crippen molar-refractivity contribution in [2.45, 2.75) is 27.2 Å². The molecular weight excluding hydrogens is 597 g/mol. The Labute approximate surface area is 284 Å². The predicted octanol–water partition coefficient (Wildman–Crippen LogP) is 10.3. The molecule has 0 bridgehead atoms. The summed E-state index contributed by atoms with van der Waals surface area (Å²) in [6.45, 7) is 6.42. The average Bonchev–Trinajstić information content (AvgIpc) is 3.58. The van der Waals surface area contributed by atoms with E-state index in [9.17, 15) is 0 Å². The van der Waals surface area contributed by atoms with E-state index in [2.05, 4.69) is 160 Å². The van der Waals surface area contributed by atoms with Gasteiger partial charge in [0.05, 0.1) is 7.05 Å². The molecule has 5 aromatic rings. The minimum absolute atomic E-state index is 0. The summed E-state index contributed by atoms with van der Waals surface area (Å²) >= 11 is 0. The first-order valence-electron chi connectivity index (χ1n) is 15.2. The van der Waals surface area contributed by atoms with E-state index in [4.69, 9.17) is 4.74 Å². The first-order valence-corrected chi connectivity index (χ1v) is 16.9. The zero-order chi connectivity index (χ0) is 30.6. The molecule has 0 saturated carbocycles. The molecule has 0 unspecified atom stereocenters. The van der Waals surface area contributed by atoms with E-state index < -0.39 is 7.05 Å². The van der Waals surface area contributed by atoms with Gasteiger partial charge in [-0.25, -0.2) is 0 Å². The molecule has 0 N–H and O–H groups in total. The monoisotopic (exact) mass is 637 g/mol. The number of hydrogen-bond acceptors (Lipinski definition) is 1. The number of allylic oxidation sites excluding steroid dienone is 5. The van der Waals surface area contributed by atoms with Crippen LogP contribution >= 0.6 is 7.05 Å². The van der Waals surface area contributed by atoms with Crippen molar-refractivity contribution >= 4 is 35.1 Å². The molecule has 0 heterocycles. The molecule has 1 aliphatic rings. The molecule has 1 nitrogen and oxygen atoms in total. The number of rotatable bonds is 7. The third kappa shape index (κ3) is 9.26. The summed E-state index contributed by atoms with van der Waals surface area (Å²) in [4.78, 5) is 0. The van der Waals surface area contributed by atoms with Crippen LogP contribution < -0.4 is 15.9 Å². The van der Waals surface area contributed by atoms with Crippen LogP contribution in [0.4, 0.5) is 0 Å². The predicted molar refractivity (Wildman–Crippen MR) is 195 cm³/mol. The van der Waals surface area contributed by atoms with E-state index >= 15 is 0 Å². The summed E-state index contributed by atoms with van der Waals surface area (Å²) in [6.07, 6.45) is 15.7. The summed E-state index contributed by atoms with van der Waals surface area (Å²) in [5, 5.41) is 3.91. The fourth-order valence-electron chi connectivity index (χ4n) is 5.07. The van der Waals surface area contributed by atoms with Crippen molar-refractivity contribution in [1.82, 2.24) is 0 Å². The Bertz CT molecular complexity index is 1650. The van der Waals surface area contributed by atoms with Gasteiger partial charge in [-0.2, -0.15) is 0 Å². The van der Waals surface area contributed by atoms with Gasteiger partial charge < -0.3 is 0 Å². The van der Waals surface area contributed by atoms with Gasteiger partial charge in [-0.05, 0) is 38.0 Å². The minimum Gasteiger partial charge on any atom is -0.258 e. The van der Waals surface area contributed by atoms with Crippen LogP contribution in [0, 0.1) is 20.8 Å². The molecule has 6 rings (SSSR count). The Morgan fingerprint density at radius 3 is 1.22 bits per heavy atom. The van der Waals surface area contributed by atoms with Gasteiger partial charge in [-0.15, -0.1) is 0 Å². The largest absolute Gasteiger partial charge is 0.258 e. The van der Waals surface area contributed by atoms with Gasteiger partial charge in [0, 0.05) is 49.7 Å². The van der Waals surface area contributed by atoms with Crippen molar-refractivity contribution < 1.29 is 21.7 Å². The molecule has 0 saturated heterocycles. The SMILES string of the molecule is C(C=Cc1ccccc1)=Cc1ccccc1.Cc1ccc(P(=NC2=CC=CC2)(c2ccc(C)cc2)c2ccc(C)cc2)cc1.[Ti]. The molecule has 222 valence electrons. The van der Waals surface area contributed by atoms with Crippen LogP contribution in [-0.4, -0.2) is 0 Å². The molecule has 0 aliphatic heterocycles. The minimum atomic E-state index is -2.15. The number of benzene rings is 5. The van der Waals surface area contributed by atoms with Gasteiger partial charge >= 0.3 is 0 Å². The summed E-state index contributed by atoms with van der Waals surface area (Å²) in [7, 11) is -2.15. The van der Waals surface area contributed by atoms with Gasteiger partial charge in [0.2, 0.25) is 0 Å². The van der Waals surface area contributed by atoms with E-state index in [0.717, 1.165) is 12.1 Å². The van der Waals surface area contributed by atoms with Gasteiger partial charge in [-0.3, -0.25) is 4.74 Å². The smallest absolute Gasteiger partial charge is 0.0608 e. The quantitative estimate of drug-likeness (QED) is 0.0957. The summed E-state index contributed by atoms with van der Waals surface area (Å²) < 4.78 is 5.52. The second-order valence-electron chi connectivity index (χ2n) is 11.1. The van der Waals surface area contributed by atoms with Crippen molar-refractivity contribution in [2.24, 2.45) is 4.74 Å². The Morgan fingerprint density at radius 2 is 0.889 bits per heavy atom. The van der Waals surface area contributed by atoms with Crippen molar-refractivity contribution in [3.05, 3.63) is 197 Å². The third-order valence-electron chi connectivity index (χ3n) is 7.54. The molecule has 0 aromatic heterocycles. The molecule has 0 radical (unpaired) electrons. The zero-order valence-corrected chi connectivity index (χ0v) is 28.8. The molecule has 0 spiro atoms. The first kappa shape index (κ1) is 33.9. The first-order chi connectivity index (χ1) is 21.5. The van der Waals surface area contributed by atoms with Crippen LogP contribution in [0.25, 0.3) is 12.2 Å². The van der Waals surface area contributed by atoms with Gasteiger partial charge in [-0.1, -0.05) is 187 Å². The Kier molecular flexibility index (Phi) is 12.7. The summed E-state index contributed by atoms with van der Waals surface area (Å²) in [6, 6.07) is 47.5. The van der Waals surface area contributed by atoms with Gasteiger partial charge in [0.1, 0.15) is 0 Å². The van der Waals surface area contributed by atoms with E-state index in [1.807, 2.05) is 36.4 Å². The van der Waals surface area contributed by atoms with Crippen molar-refractivity contribution in [3.63, 3.8) is 0 Å². The Morgan fingerprint density at radius 1 is 0.511 bits per heavy atom. The maximum Gasteiger partial charge on any atom is 0.0608 e. The van der Waals surface area contributed by atoms with Crippen LogP contribution in [0.3, 0.4) is 0 Å². The topological polar surface area (TPSA) is 12.4 Å². The number of aryl methyl sites for hydroxylation is 3.